The van der Waals surface area contributed by atoms with Crippen LogP contribution >= 0.6 is 11.6 Å². The molecule has 0 bridgehead atoms. The average Bonchev–Trinajstić information content (AvgIpc) is 2.53. The Bertz CT molecular complexity index is 591. The van der Waals surface area contributed by atoms with Crippen LogP contribution in [-0.2, 0) is 11.3 Å². The zero-order valence-corrected chi connectivity index (χ0v) is 13.2. The Hall–Kier alpha value is -2.05. The van der Waals surface area contributed by atoms with E-state index in [-0.39, 0.29) is 0 Å². The van der Waals surface area contributed by atoms with Crippen molar-refractivity contribution < 1.29 is 4.74 Å². The minimum Gasteiger partial charge on any atom is -0.393 e. The van der Waals surface area contributed by atoms with Crippen molar-refractivity contribution in [3.63, 3.8) is 0 Å². The Labute approximate surface area is 135 Å². The van der Waals surface area contributed by atoms with E-state index in [0.717, 1.165) is 18.5 Å². The summed E-state index contributed by atoms with van der Waals surface area (Å²) in [6.45, 7) is 2.05. The number of nitrogen functional groups attached to an aromatic ring is 1. The zero-order chi connectivity index (χ0) is 15.8. The van der Waals surface area contributed by atoms with Crippen molar-refractivity contribution in [2.24, 2.45) is 0 Å². The van der Waals surface area contributed by atoms with Gasteiger partial charge < -0.3 is 21.1 Å². The Morgan fingerprint density at radius 3 is 2.50 bits per heavy atom. The molecule has 4 N–H and O–H groups in total. The smallest absolute Gasteiger partial charge is 0.155 e. The third-order valence-electron chi connectivity index (χ3n) is 3.07. The average molecular weight is 322 g/mol. The lowest BCUT2D eigenvalue weighted by Gasteiger charge is -2.12. The van der Waals surface area contributed by atoms with Gasteiger partial charge in [0.25, 0.3) is 0 Å². The van der Waals surface area contributed by atoms with Crippen molar-refractivity contribution in [1.29, 1.82) is 0 Å². The molecule has 0 amide bonds. The number of methoxy groups -OCH3 is 1. The lowest BCUT2D eigenvalue weighted by Crippen LogP contribution is -2.11. The number of benzene rings is 1. The summed E-state index contributed by atoms with van der Waals surface area (Å²) in [5.41, 5.74) is 7.69. The van der Waals surface area contributed by atoms with E-state index < -0.39 is 0 Å². The van der Waals surface area contributed by atoms with E-state index in [4.69, 9.17) is 22.1 Å². The van der Waals surface area contributed by atoms with Gasteiger partial charge in [0.05, 0.1) is 0 Å². The van der Waals surface area contributed by atoms with Crippen LogP contribution in [0.1, 0.15) is 12.0 Å². The lowest BCUT2D eigenvalue weighted by molar-refractivity contribution is 0.198. The van der Waals surface area contributed by atoms with Gasteiger partial charge in [-0.15, -0.1) is 0 Å². The third kappa shape index (κ3) is 4.75. The number of ether oxygens (including phenoxy) is 1. The van der Waals surface area contributed by atoms with Gasteiger partial charge in [-0.1, -0.05) is 23.7 Å². The number of nitrogens with two attached hydrogens (primary N) is 1. The second kappa shape index (κ2) is 8.41. The van der Waals surface area contributed by atoms with Gasteiger partial charge in [-0.2, -0.15) is 0 Å². The summed E-state index contributed by atoms with van der Waals surface area (Å²) in [4.78, 5) is 8.34. The van der Waals surface area contributed by atoms with Crippen LogP contribution in [0.15, 0.2) is 30.6 Å². The fourth-order valence-electron chi connectivity index (χ4n) is 1.89. The van der Waals surface area contributed by atoms with E-state index in [1.807, 2.05) is 24.3 Å². The van der Waals surface area contributed by atoms with Crippen molar-refractivity contribution >= 4 is 28.9 Å². The molecule has 7 heteroatoms. The van der Waals surface area contributed by atoms with E-state index in [1.54, 1.807) is 7.11 Å². The maximum Gasteiger partial charge on any atom is 0.155 e. The van der Waals surface area contributed by atoms with E-state index in [1.165, 1.54) is 6.33 Å². The summed E-state index contributed by atoms with van der Waals surface area (Å²) in [7, 11) is 1.68. The zero-order valence-electron chi connectivity index (χ0n) is 12.5. The van der Waals surface area contributed by atoms with E-state index in [9.17, 15) is 0 Å². The third-order valence-corrected chi connectivity index (χ3v) is 3.33. The second-order valence-electron chi connectivity index (χ2n) is 4.74. The highest BCUT2D eigenvalue weighted by Crippen LogP contribution is 2.23. The molecule has 0 unspecified atom stereocenters. The normalized spacial score (nSPS) is 10.5. The fourth-order valence-corrected chi connectivity index (χ4v) is 2.01. The molecule has 6 nitrogen and oxygen atoms in total. The van der Waals surface area contributed by atoms with Crippen LogP contribution in [0.4, 0.5) is 17.3 Å². The molecule has 1 aromatic carbocycles. The Balaban J connectivity index is 1.94. The molecule has 2 aromatic rings. The highest BCUT2D eigenvalue weighted by atomic mass is 35.5. The summed E-state index contributed by atoms with van der Waals surface area (Å²) < 4.78 is 5.00. The monoisotopic (exact) mass is 321 g/mol. The van der Waals surface area contributed by atoms with Crippen molar-refractivity contribution in [1.82, 2.24) is 9.97 Å². The number of aromatic nitrogens is 2. The van der Waals surface area contributed by atoms with Crippen molar-refractivity contribution in [3.05, 3.63) is 41.2 Å². The van der Waals surface area contributed by atoms with E-state index in [0.29, 0.717) is 35.5 Å². The highest BCUT2D eigenvalue weighted by molar-refractivity contribution is 6.30. The quantitative estimate of drug-likeness (QED) is 0.648. The molecule has 1 aromatic heterocycles. The number of rotatable bonds is 8. The first-order valence-corrected chi connectivity index (χ1v) is 7.40. The van der Waals surface area contributed by atoms with Gasteiger partial charge in [0, 0.05) is 31.8 Å². The Morgan fingerprint density at radius 2 is 1.82 bits per heavy atom. The number of anilines is 3. The topological polar surface area (TPSA) is 85.1 Å². The van der Waals surface area contributed by atoms with Gasteiger partial charge >= 0.3 is 0 Å². The minimum absolute atomic E-state index is 0.508. The van der Waals surface area contributed by atoms with Crippen LogP contribution in [-0.4, -0.2) is 30.2 Å². The maximum absolute atomic E-state index is 6.08. The largest absolute Gasteiger partial charge is 0.393 e. The van der Waals surface area contributed by atoms with Crippen LogP contribution in [0.3, 0.4) is 0 Å². The molecule has 0 aliphatic heterocycles. The first-order chi connectivity index (χ1) is 10.7. The minimum atomic E-state index is 0.508. The first-order valence-electron chi connectivity index (χ1n) is 7.02. The molecule has 0 aliphatic carbocycles. The molecular formula is C15H20ClN5O. The number of nitrogens with zero attached hydrogens (tertiary/aromatic N) is 2. The van der Waals surface area contributed by atoms with Gasteiger partial charge in [0.2, 0.25) is 0 Å². The Morgan fingerprint density at radius 1 is 1.14 bits per heavy atom. The predicted molar refractivity (Wildman–Crippen MR) is 90.2 cm³/mol. The van der Waals surface area contributed by atoms with Gasteiger partial charge in [-0.25, -0.2) is 9.97 Å². The number of nitrogens with one attached hydrogen (secondary N) is 2. The molecule has 0 saturated heterocycles. The first kappa shape index (κ1) is 16.3. The molecule has 0 spiro atoms. The van der Waals surface area contributed by atoms with E-state index >= 15 is 0 Å². The molecule has 1 heterocycles. The van der Waals surface area contributed by atoms with Gasteiger partial charge in [-0.05, 0) is 24.1 Å². The highest BCUT2D eigenvalue weighted by Gasteiger charge is 2.07. The lowest BCUT2D eigenvalue weighted by atomic mass is 10.2. The van der Waals surface area contributed by atoms with Gasteiger partial charge in [0.1, 0.15) is 12.0 Å². The molecule has 0 saturated carbocycles. The van der Waals surface area contributed by atoms with Crippen LogP contribution in [0.5, 0.6) is 0 Å². The summed E-state index contributed by atoms with van der Waals surface area (Å²) in [5, 5.41) is 7.10. The number of halogens is 1. The van der Waals surface area contributed by atoms with Crippen molar-refractivity contribution in [2.75, 3.05) is 36.6 Å². The molecule has 22 heavy (non-hydrogen) atoms. The molecule has 2 rings (SSSR count). The summed E-state index contributed by atoms with van der Waals surface area (Å²) >= 11 is 5.87. The van der Waals surface area contributed by atoms with Gasteiger partial charge in [0.15, 0.2) is 11.6 Å². The van der Waals surface area contributed by atoms with Crippen LogP contribution in [0.25, 0.3) is 0 Å². The summed E-state index contributed by atoms with van der Waals surface area (Å²) in [5.74, 6) is 1.24. The molecule has 0 aliphatic rings. The standard InChI is InChI=1S/C15H20ClN5O/c1-22-8-2-7-18-14-13(17)15(21-10-20-14)19-9-11-3-5-12(16)6-4-11/h3-6,10H,2,7-9,17H2,1H3,(H2,18,19,20,21). The number of hydrogen-bond donors (Lipinski definition) is 3. The number of hydrogen-bond acceptors (Lipinski definition) is 6. The van der Waals surface area contributed by atoms with Crippen LogP contribution in [0, 0.1) is 0 Å². The van der Waals surface area contributed by atoms with Crippen molar-refractivity contribution in [2.45, 2.75) is 13.0 Å². The molecule has 0 fully saturated rings. The molecule has 0 radical (unpaired) electrons. The van der Waals surface area contributed by atoms with Gasteiger partial charge in [-0.3, -0.25) is 0 Å². The maximum atomic E-state index is 6.08. The fraction of sp³-hybridized carbons (Fsp3) is 0.333. The van der Waals surface area contributed by atoms with Crippen LogP contribution in [0.2, 0.25) is 5.02 Å². The SMILES string of the molecule is COCCCNc1ncnc(NCc2ccc(Cl)cc2)c1N. The van der Waals surface area contributed by atoms with Crippen molar-refractivity contribution in [3.8, 4) is 0 Å². The Kier molecular flexibility index (Phi) is 6.24. The summed E-state index contributed by atoms with van der Waals surface area (Å²) in [6, 6.07) is 7.61. The second-order valence-corrected chi connectivity index (χ2v) is 5.17. The molecule has 0 atom stereocenters. The summed E-state index contributed by atoms with van der Waals surface area (Å²) in [6.07, 6.45) is 2.37. The predicted octanol–water partition coefficient (Wildman–Crippen LogP) is 2.77. The molecule has 118 valence electrons. The van der Waals surface area contributed by atoms with E-state index in [2.05, 4.69) is 20.6 Å². The van der Waals surface area contributed by atoms with Crippen LogP contribution < -0.4 is 16.4 Å². The molecular weight excluding hydrogens is 302 g/mol.